The van der Waals surface area contributed by atoms with Gasteiger partial charge in [0.25, 0.3) is 0 Å². The second kappa shape index (κ2) is 8.69. The van der Waals surface area contributed by atoms with E-state index in [4.69, 9.17) is 4.74 Å². The summed E-state index contributed by atoms with van der Waals surface area (Å²) in [6.07, 6.45) is 4.86. The molecule has 0 heterocycles. The minimum absolute atomic E-state index is 0.173. The first kappa shape index (κ1) is 15.6. The Morgan fingerprint density at radius 2 is 1.69 bits per heavy atom. The smallest absolute Gasteiger partial charge is 0.305 e. The molecule has 0 spiro atoms. The van der Waals surface area contributed by atoms with Crippen LogP contribution < -0.4 is 0 Å². The van der Waals surface area contributed by atoms with Crippen molar-refractivity contribution >= 4 is 14.4 Å². The number of esters is 1. The summed E-state index contributed by atoms with van der Waals surface area (Å²) in [5.74, 6) is -0.178. The molecule has 0 saturated carbocycles. The molecule has 0 aliphatic heterocycles. The Balaban J connectivity index is 4.29. The van der Waals surface area contributed by atoms with Gasteiger partial charge in [0.2, 0.25) is 0 Å². The molecule has 0 aliphatic carbocycles. The fraction of sp³-hybridized carbons (Fsp3) is 0.917. The zero-order valence-corrected chi connectivity index (χ0v) is 11.5. The van der Waals surface area contributed by atoms with E-state index in [2.05, 4.69) is 13.8 Å². The van der Waals surface area contributed by atoms with Gasteiger partial charge in [-0.15, -0.1) is 0 Å². The van der Waals surface area contributed by atoms with Gasteiger partial charge in [-0.3, -0.25) is 9.36 Å². The first-order chi connectivity index (χ1) is 7.64. The molecule has 0 bridgehead atoms. The Labute approximate surface area is 100 Å². The van der Waals surface area contributed by atoms with Gasteiger partial charge in [-0.25, -0.2) is 0 Å². The summed E-state index contributed by atoms with van der Waals surface area (Å²) in [5, 5.41) is -0.212. The molecule has 3 nitrogen and oxygen atoms in total. The van der Waals surface area contributed by atoms with Crippen molar-refractivity contribution in [3.63, 3.8) is 0 Å². The highest BCUT2D eigenvalue weighted by Gasteiger charge is 2.29. The third-order valence-corrected chi connectivity index (χ3v) is 3.78. The summed E-state index contributed by atoms with van der Waals surface area (Å²) in [7, 11) is 0.173. The summed E-state index contributed by atoms with van der Waals surface area (Å²) in [6.45, 7) is 6.39. The molecule has 0 atom stereocenters. The second-order valence-electron chi connectivity index (χ2n) is 4.12. The topological polar surface area (TPSA) is 43.4 Å². The second-order valence-corrected chi connectivity index (χ2v) is 5.25. The van der Waals surface area contributed by atoms with Crippen LogP contribution in [0.1, 0.15) is 59.3 Å². The van der Waals surface area contributed by atoms with Gasteiger partial charge in [0.05, 0.1) is 11.8 Å². The van der Waals surface area contributed by atoms with Crippen molar-refractivity contribution in [2.24, 2.45) is 0 Å². The van der Waals surface area contributed by atoms with Gasteiger partial charge in [0, 0.05) is 6.42 Å². The number of hydrogen-bond donors (Lipinski definition) is 0. The van der Waals surface area contributed by atoms with E-state index < -0.39 is 0 Å². The van der Waals surface area contributed by atoms with Gasteiger partial charge in [-0.2, -0.15) is 0 Å². The molecule has 0 aliphatic rings. The number of carbonyl (C=O) groups excluding carboxylic acids is 1. The molecular weight excluding hydrogens is 223 g/mol. The average Bonchev–Trinajstić information content (AvgIpc) is 2.27. The summed E-state index contributed by atoms with van der Waals surface area (Å²) in [5.41, 5.74) is 0. The van der Waals surface area contributed by atoms with Crippen LogP contribution in [0.15, 0.2) is 0 Å². The Morgan fingerprint density at radius 1 is 1.12 bits per heavy atom. The molecule has 0 saturated heterocycles. The molecule has 0 rings (SSSR count). The van der Waals surface area contributed by atoms with Crippen molar-refractivity contribution in [2.75, 3.05) is 6.61 Å². The van der Waals surface area contributed by atoms with E-state index in [1.807, 2.05) is 0 Å². The van der Waals surface area contributed by atoms with Crippen LogP contribution in [0, 0.1) is 0 Å². The summed E-state index contributed by atoms with van der Waals surface area (Å²) < 4.78 is 16.2. The monoisotopic (exact) mass is 246 g/mol. The molecule has 0 aromatic carbocycles. The first-order valence-corrected chi connectivity index (χ1v) is 6.95. The molecule has 0 unspecified atom stereocenters. The average molecular weight is 246 g/mol. The van der Waals surface area contributed by atoms with Crippen molar-refractivity contribution in [3.05, 3.63) is 0 Å². The molecule has 0 aromatic heterocycles. The van der Waals surface area contributed by atoms with Gasteiger partial charge in [0.1, 0.15) is 0 Å². The molecular formula is C12H23O3P. The fourth-order valence-electron chi connectivity index (χ4n) is 2.01. The van der Waals surface area contributed by atoms with E-state index >= 15 is 0 Å². The van der Waals surface area contributed by atoms with E-state index in [1.54, 1.807) is 6.92 Å². The van der Waals surface area contributed by atoms with E-state index in [9.17, 15) is 9.36 Å². The van der Waals surface area contributed by atoms with Crippen LogP contribution in [-0.4, -0.2) is 17.7 Å². The number of carbonyl (C=O) groups is 1. The predicted molar refractivity (Wildman–Crippen MR) is 66.0 cm³/mol. The third kappa shape index (κ3) is 5.60. The van der Waals surface area contributed by atoms with E-state index in [1.165, 1.54) is 0 Å². The zero-order chi connectivity index (χ0) is 12.4. The highest BCUT2D eigenvalue weighted by molar-refractivity contribution is 7.26. The highest BCUT2D eigenvalue weighted by atomic mass is 31.1. The van der Waals surface area contributed by atoms with Gasteiger partial charge in [0.15, 0.2) is 8.46 Å². The Kier molecular flexibility index (Phi) is 8.46. The van der Waals surface area contributed by atoms with Crippen LogP contribution in [0.4, 0.5) is 0 Å². The van der Waals surface area contributed by atoms with Crippen LogP contribution >= 0.6 is 8.46 Å². The summed E-state index contributed by atoms with van der Waals surface area (Å²) in [4.78, 5) is 11.3. The molecule has 0 N–H and O–H groups in total. The Bertz CT molecular complexity index is 210. The largest absolute Gasteiger partial charge is 0.466 e. The maximum absolute atomic E-state index is 11.3. The fourth-order valence-corrected chi connectivity index (χ4v) is 2.84. The van der Waals surface area contributed by atoms with Crippen LogP contribution in [0.5, 0.6) is 0 Å². The molecule has 0 aromatic rings. The molecule has 16 heavy (non-hydrogen) atoms. The van der Waals surface area contributed by atoms with Gasteiger partial charge in [-0.05, 0) is 26.2 Å². The van der Waals surface area contributed by atoms with Gasteiger partial charge < -0.3 is 4.74 Å². The van der Waals surface area contributed by atoms with Crippen molar-refractivity contribution in [2.45, 2.75) is 64.5 Å². The van der Waals surface area contributed by atoms with Crippen LogP contribution in [-0.2, 0) is 14.1 Å². The van der Waals surface area contributed by atoms with Crippen molar-refractivity contribution in [3.8, 4) is 0 Å². The van der Waals surface area contributed by atoms with Crippen molar-refractivity contribution in [1.29, 1.82) is 0 Å². The lowest BCUT2D eigenvalue weighted by molar-refractivity contribution is -0.143. The van der Waals surface area contributed by atoms with E-state index in [0.717, 1.165) is 25.7 Å². The summed E-state index contributed by atoms with van der Waals surface area (Å²) in [6, 6.07) is 0. The lowest BCUT2D eigenvalue weighted by Crippen LogP contribution is -2.23. The number of ether oxygens (including phenoxy) is 1. The maximum atomic E-state index is 11.3. The Hall–Kier alpha value is -0.430. The summed E-state index contributed by atoms with van der Waals surface area (Å²) >= 11 is 0. The quantitative estimate of drug-likeness (QED) is 0.457. The van der Waals surface area contributed by atoms with Crippen LogP contribution in [0.3, 0.4) is 0 Å². The molecule has 0 fully saturated rings. The standard InChI is InChI=1S/C12H23O3P/c1-4-8-12(16-14,9-5-2)10-7-11(13)15-6-3/h4-10H2,1-3H3. The molecule has 0 amide bonds. The van der Waals surface area contributed by atoms with Crippen LogP contribution in [0.2, 0.25) is 0 Å². The molecule has 0 radical (unpaired) electrons. The number of rotatable bonds is 9. The molecule has 4 heteroatoms. The highest BCUT2D eigenvalue weighted by Crippen LogP contribution is 2.38. The zero-order valence-electron chi connectivity index (χ0n) is 10.6. The first-order valence-electron chi connectivity index (χ1n) is 6.14. The minimum atomic E-state index is -0.212. The minimum Gasteiger partial charge on any atom is -0.466 e. The maximum Gasteiger partial charge on any atom is 0.305 e. The van der Waals surface area contributed by atoms with Crippen molar-refractivity contribution < 1.29 is 14.1 Å². The molecule has 94 valence electrons. The lowest BCUT2D eigenvalue weighted by Gasteiger charge is -2.25. The van der Waals surface area contributed by atoms with E-state index in [0.29, 0.717) is 19.4 Å². The normalized spacial score (nSPS) is 11.7. The van der Waals surface area contributed by atoms with Gasteiger partial charge in [-0.1, -0.05) is 26.7 Å². The third-order valence-electron chi connectivity index (χ3n) is 2.72. The SMILES string of the molecule is CCCC(CCC)(CCC(=O)OCC)P=O. The van der Waals surface area contributed by atoms with Gasteiger partial charge >= 0.3 is 5.97 Å². The van der Waals surface area contributed by atoms with Crippen LogP contribution in [0.25, 0.3) is 0 Å². The van der Waals surface area contributed by atoms with E-state index in [-0.39, 0.29) is 19.6 Å². The predicted octanol–water partition coefficient (Wildman–Crippen LogP) is 3.96. The number of hydrogen-bond acceptors (Lipinski definition) is 3. The lowest BCUT2D eigenvalue weighted by atomic mass is 9.92. The Morgan fingerprint density at radius 3 is 2.06 bits per heavy atom. The van der Waals surface area contributed by atoms with Crippen molar-refractivity contribution in [1.82, 2.24) is 0 Å².